The number of hydrogen-bond acceptors (Lipinski definition) is 6. The Morgan fingerprint density at radius 3 is 2.67 bits per heavy atom. The number of dihydropyridines is 1. The molecule has 7 heteroatoms. The number of aliphatic imine (C=N–C) groups is 1. The average Bonchev–Trinajstić information content (AvgIpc) is 2.90. The second-order valence-electron chi connectivity index (χ2n) is 8.46. The van der Waals surface area contributed by atoms with Crippen molar-refractivity contribution in [1.29, 1.82) is 0 Å². The van der Waals surface area contributed by atoms with Gasteiger partial charge in [0.1, 0.15) is 17.6 Å². The van der Waals surface area contributed by atoms with Crippen LogP contribution in [0.15, 0.2) is 71.6 Å². The van der Waals surface area contributed by atoms with Crippen molar-refractivity contribution in [3.63, 3.8) is 0 Å². The van der Waals surface area contributed by atoms with Gasteiger partial charge >= 0.3 is 0 Å². The third kappa shape index (κ3) is 7.51. The van der Waals surface area contributed by atoms with Crippen molar-refractivity contribution < 1.29 is 14.3 Å². The number of hydrogen-bond donors (Lipinski definition) is 1. The van der Waals surface area contributed by atoms with Crippen LogP contribution in [0.4, 0.5) is 11.4 Å². The highest BCUT2D eigenvalue weighted by Gasteiger charge is 2.29. The molecule has 1 amide bonds. The predicted molar refractivity (Wildman–Crippen MR) is 151 cm³/mol. The van der Waals surface area contributed by atoms with Crippen LogP contribution < -0.4 is 15.0 Å². The van der Waals surface area contributed by atoms with Gasteiger partial charge in [-0.25, -0.2) is 0 Å². The molecule has 1 aliphatic rings. The molecule has 1 aliphatic heterocycles. The monoisotopic (exact) mass is 494 g/mol. The number of allylic oxidation sites excluding steroid dienone is 5. The normalized spacial score (nSPS) is 15.7. The summed E-state index contributed by atoms with van der Waals surface area (Å²) in [6, 6.07) is 5.52. The van der Waals surface area contributed by atoms with Crippen LogP contribution in [0.5, 0.6) is 5.75 Å². The molecule has 0 bridgehead atoms. The molecule has 0 saturated carbocycles. The maximum Gasteiger partial charge on any atom is 0.247 e. The first-order valence-electron chi connectivity index (χ1n) is 12.6. The first-order valence-corrected chi connectivity index (χ1v) is 12.6. The van der Waals surface area contributed by atoms with Crippen molar-refractivity contribution >= 4 is 23.0 Å². The maximum atomic E-state index is 13.4. The first-order chi connectivity index (χ1) is 17.4. The number of carbonyl (C=O) groups is 1. The molecular weight excluding hydrogens is 452 g/mol. The largest absolute Gasteiger partial charge is 0.500 e. The fraction of sp³-hybridized carbons (Fsp3) is 0.448. The van der Waals surface area contributed by atoms with E-state index in [-0.39, 0.29) is 5.91 Å². The minimum Gasteiger partial charge on any atom is -0.500 e. The fourth-order valence-electron chi connectivity index (χ4n) is 4.12. The van der Waals surface area contributed by atoms with Gasteiger partial charge in [-0.3, -0.25) is 9.79 Å². The van der Waals surface area contributed by atoms with Crippen molar-refractivity contribution in [3.05, 3.63) is 66.6 Å². The highest BCUT2D eigenvalue weighted by atomic mass is 16.5. The molecule has 1 aromatic carbocycles. The number of rotatable bonds is 14. The van der Waals surface area contributed by atoms with Gasteiger partial charge < -0.3 is 24.6 Å². The smallest absolute Gasteiger partial charge is 0.247 e. The van der Waals surface area contributed by atoms with E-state index in [2.05, 4.69) is 36.0 Å². The van der Waals surface area contributed by atoms with Crippen molar-refractivity contribution in [2.45, 2.75) is 46.1 Å². The van der Waals surface area contributed by atoms with Gasteiger partial charge in [0.25, 0.3) is 0 Å². The molecule has 0 radical (unpaired) electrons. The van der Waals surface area contributed by atoms with Crippen molar-refractivity contribution in [2.24, 2.45) is 4.99 Å². The van der Waals surface area contributed by atoms with Crippen LogP contribution >= 0.6 is 0 Å². The van der Waals surface area contributed by atoms with E-state index >= 15 is 0 Å². The van der Waals surface area contributed by atoms with Crippen LogP contribution in [0.3, 0.4) is 0 Å². The number of amides is 1. The molecule has 1 atom stereocenters. The van der Waals surface area contributed by atoms with Crippen molar-refractivity contribution in [3.8, 4) is 5.75 Å². The zero-order chi connectivity index (χ0) is 26.5. The van der Waals surface area contributed by atoms with E-state index in [1.54, 1.807) is 20.3 Å². The van der Waals surface area contributed by atoms with Crippen LogP contribution in [0.2, 0.25) is 0 Å². The summed E-state index contributed by atoms with van der Waals surface area (Å²) in [7, 11) is 5.33. The molecule has 0 saturated heterocycles. The van der Waals surface area contributed by atoms with Crippen LogP contribution in [0, 0.1) is 0 Å². The Balaban J connectivity index is 2.06. The summed E-state index contributed by atoms with van der Waals surface area (Å²) in [5.41, 5.74) is 3.64. The zero-order valence-corrected chi connectivity index (χ0v) is 22.7. The zero-order valence-electron chi connectivity index (χ0n) is 22.7. The topological polar surface area (TPSA) is 66.4 Å². The van der Waals surface area contributed by atoms with Gasteiger partial charge in [0.2, 0.25) is 5.91 Å². The van der Waals surface area contributed by atoms with Gasteiger partial charge in [-0.2, -0.15) is 0 Å². The van der Waals surface area contributed by atoms with E-state index in [1.807, 2.05) is 56.1 Å². The third-order valence-electron chi connectivity index (χ3n) is 6.07. The van der Waals surface area contributed by atoms with Gasteiger partial charge in [0.15, 0.2) is 0 Å². The molecule has 1 heterocycles. The number of likely N-dealkylation sites (N-methyl/N-ethyl adjacent to an activating group) is 1. The Bertz CT molecular complexity index is 1010. The van der Waals surface area contributed by atoms with Crippen LogP contribution in [0.1, 0.15) is 40.0 Å². The molecule has 36 heavy (non-hydrogen) atoms. The summed E-state index contributed by atoms with van der Waals surface area (Å²) >= 11 is 0. The van der Waals surface area contributed by atoms with Crippen molar-refractivity contribution in [1.82, 2.24) is 4.90 Å². The minimum atomic E-state index is -0.494. The fourth-order valence-corrected chi connectivity index (χ4v) is 4.12. The number of methoxy groups -OCH3 is 2. The molecule has 1 N–H and O–H groups in total. The minimum absolute atomic E-state index is 0.0173. The number of nitrogens with zero attached hydrogens (tertiary/aromatic N) is 3. The maximum absolute atomic E-state index is 13.4. The van der Waals surface area contributed by atoms with E-state index in [1.165, 1.54) is 0 Å². The van der Waals surface area contributed by atoms with Gasteiger partial charge in [-0.15, -0.1) is 0 Å². The predicted octanol–water partition coefficient (Wildman–Crippen LogP) is 5.58. The van der Waals surface area contributed by atoms with Crippen LogP contribution in [-0.4, -0.2) is 63.5 Å². The van der Waals surface area contributed by atoms with Gasteiger partial charge in [0, 0.05) is 44.7 Å². The summed E-state index contributed by atoms with van der Waals surface area (Å²) in [4.78, 5) is 22.1. The van der Waals surface area contributed by atoms with Gasteiger partial charge in [-0.1, -0.05) is 31.7 Å². The first kappa shape index (κ1) is 28.8. The molecular formula is C29H42N4O3. The highest BCUT2D eigenvalue weighted by Crippen LogP contribution is 2.30. The van der Waals surface area contributed by atoms with E-state index in [0.29, 0.717) is 19.5 Å². The third-order valence-corrected chi connectivity index (χ3v) is 6.07. The van der Waals surface area contributed by atoms with Gasteiger partial charge in [-0.05, 0) is 51.1 Å². The Kier molecular flexibility index (Phi) is 11.8. The lowest BCUT2D eigenvalue weighted by Gasteiger charge is -2.28. The highest BCUT2D eigenvalue weighted by molar-refractivity contribution is 6.12. The summed E-state index contributed by atoms with van der Waals surface area (Å²) in [5, 5.41) is 3.53. The van der Waals surface area contributed by atoms with E-state index in [9.17, 15) is 4.79 Å². The lowest BCUT2D eigenvalue weighted by atomic mass is 9.98. The van der Waals surface area contributed by atoms with E-state index < -0.39 is 6.04 Å². The quantitative estimate of drug-likeness (QED) is 0.342. The number of carbonyl (C=O) groups excluding carboxylic acids is 1. The molecule has 2 rings (SSSR count). The Morgan fingerprint density at radius 2 is 2.06 bits per heavy atom. The van der Waals surface area contributed by atoms with Crippen LogP contribution in [-0.2, 0) is 9.53 Å². The second-order valence-corrected chi connectivity index (χ2v) is 8.46. The Morgan fingerprint density at radius 1 is 1.28 bits per heavy atom. The summed E-state index contributed by atoms with van der Waals surface area (Å²) in [6.45, 7) is 11.9. The molecule has 7 nitrogen and oxygen atoms in total. The summed E-state index contributed by atoms with van der Waals surface area (Å²) < 4.78 is 11.0. The summed E-state index contributed by atoms with van der Waals surface area (Å²) in [5.74, 6) is 1.56. The Labute approximate surface area is 216 Å². The number of benzene rings is 1. The average molecular weight is 495 g/mol. The van der Waals surface area contributed by atoms with Crippen LogP contribution in [0.25, 0.3) is 0 Å². The molecule has 196 valence electrons. The lowest BCUT2D eigenvalue weighted by molar-refractivity contribution is -0.132. The molecule has 0 aliphatic carbocycles. The second kappa shape index (κ2) is 14.8. The molecule has 0 spiro atoms. The number of ether oxygens (including phenoxy) is 2. The van der Waals surface area contributed by atoms with E-state index in [0.717, 1.165) is 53.6 Å². The summed E-state index contributed by atoms with van der Waals surface area (Å²) in [6.07, 6.45) is 12.0. The standard InChI is InChI=1S/C29H42N4O3/c1-8-12-18-32(5)27-16-15-22(35-6)20-25(27)30-17-13-19-33(11-4)29(34)26-21-28(36-7)23(10-3)24(31-26)14-9-2/h9-10,12,14-16,18,20,26,30H,3,8,11,13,17,19,21H2,1-2,4-7H3/b14-9-,18-12-. The number of anilines is 2. The lowest BCUT2D eigenvalue weighted by Crippen LogP contribution is -2.41. The van der Waals surface area contributed by atoms with Crippen molar-refractivity contribution in [2.75, 3.05) is 51.1 Å². The molecule has 0 aromatic heterocycles. The molecule has 0 fully saturated rings. The van der Waals surface area contributed by atoms with Gasteiger partial charge in [0.05, 0.1) is 31.3 Å². The number of nitrogens with one attached hydrogen (secondary N) is 1. The Hall–Kier alpha value is -3.48. The SMILES string of the molecule is C=CC1=C(OC)CC(C(=O)N(CC)CCCNc2cc(OC)ccc2N(C)/C=C\CC)N=C1/C=C\C. The molecule has 1 aromatic rings. The molecule has 1 unspecified atom stereocenters. The van der Waals surface area contributed by atoms with E-state index in [4.69, 9.17) is 14.5 Å².